The fourth-order valence-electron chi connectivity index (χ4n) is 1.77. The van der Waals surface area contributed by atoms with Gasteiger partial charge in [-0.15, -0.1) is 0 Å². The number of hydrogen-bond acceptors (Lipinski definition) is 4. The van der Waals surface area contributed by atoms with Crippen molar-refractivity contribution in [2.45, 2.75) is 6.04 Å². The third-order valence-corrected chi connectivity index (χ3v) is 2.66. The molecule has 90 valence electrons. The normalized spacial score (nSPS) is 19.6. The van der Waals surface area contributed by atoms with Crippen molar-refractivity contribution in [1.29, 1.82) is 5.26 Å². The summed E-state index contributed by atoms with van der Waals surface area (Å²) in [6.07, 6.45) is 0. The second-order valence-corrected chi connectivity index (χ2v) is 3.88. The van der Waals surface area contributed by atoms with Gasteiger partial charge >= 0.3 is 0 Å². The molecule has 4 nitrogen and oxygen atoms in total. The van der Waals surface area contributed by atoms with Crippen LogP contribution in [0.2, 0.25) is 0 Å². The molecule has 2 N–H and O–H groups in total. The zero-order chi connectivity index (χ0) is 12.1. The van der Waals surface area contributed by atoms with E-state index in [9.17, 15) is 4.39 Å². The topological polar surface area (TPSA) is 57.1 Å². The van der Waals surface area contributed by atoms with E-state index in [0.29, 0.717) is 18.8 Å². The van der Waals surface area contributed by atoms with Gasteiger partial charge in [-0.3, -0.25) is 0 Å². The minimum atomic E-state index is -0.495. The minimum Gasteiger partial charge on any atom is -0.382 e. The Balaban J connectivity index is 1.99. The Bertz CT molecular complexity index is 424. The van der Waals surface area contributed by atoms with Crippen molar-refractivity contribution >= 4 is 5.69 Å². The highest BCUT2D eigenvalue weighted by Gasteiger charge is 2.14. The minimum absolute atomic E-state index is 0.0595. The number of anilines is 1. The number of hydrogen-bond donors (Lipinski definition) is 2. The molecular formula is C12H14FN3O. The van der Waals surface area contributed by atoms with E-state index in [1.54, 1.807) is 12.1 Å². The molecule has 1 unspecified atom stereocenters. The van der Waals surface area contributed by atoms with Gasteiger partial charge in [-0.1, -0.05) is 6.07 Å². The molecule has 0 amide bonds. The zero-order valence-electron chi connectivity index (χ0n) is 9.37. The molecule has 0 saturated carbocycles. The molecule has 1 aromatic rings. The fraction of sp³-hybridized carbons (Fsp3) is 0.417. The third kappa shape index (κ3) is 2.93. The van der Waals surface area contributed by atoms with Crippen LogP contribution in [0.25, 0.3) is 0 Å². The van der Waals surface area contributed by atoms with Crippen LogP contribution in [0.1, 0.15) is 5.56 Å². The summed E-state index contributed by atoms with van der Waals surface area (Å²) in [5.74, 6) is -0.495. The van der Waals surface area contributed by atoms with Crippen LogP contribution in [0.15, 0.2) is 18.2 Å². The maximum atomic E-state index is 13.3. The van der Waals surface area contributed by atoms with Crippen molar-refractivity contribution in [3.63, 3.8) is 0 Å². The summed E-state index contributed by atoms with van der Waals surface area (Å²) in [6, 6.07) is 6.63. The highest BCUT2D eigenvalue weighted by atomic mass is 19.1. The van der Waals surface area contributed by atoms with Crippen molar-refractivity contribution in [1.82, 2.24) is 5.32 Å². The molecule has 2 rings (SSSR count). The Labute approximate surface area is 99.4 Å². The first kappa shape index (κ1) is 11.8. The van der Waals surface area contributed by atoms with E-state index in [4.69, 9.17) is 10.00 Å². The van der Waals surface area contributed by atoms with Gasteiger partial charge in [0.2, 0.25) is 0 Å². The van der Waals surface area contributed by atoms with Gasteiger partial charge < -0.3 is 15.4 Å². The van der Waals surface area contributed by atoms with Crippen LogP contribution < -0.4 is 10.6 Å². The summed E-state index contributed by atoms with van der Waals surface area (Å²) in [5, 5.41) is 15.2. The quantitative estimate of drug-likeness (QED) is 0.823. The summed E-state index contributed by atoms with van der Waals surface area (Å²) in [6.45, 7) is 2.78. The van der Waals surface area contributed by atoms with E-state index in [2.05, 4.69) is 10.6 Å². The summed E-state index contributed by atoms with van der Waals surface area (Å²) in [4.78, 5) is 0. The molecule has 1 heterocycles. The number of ether oxygens (including phenoxy) is 1. The maximum Gasteiger partial charge on any atom is 0.143 e. The zero-order valence-corrected chi connectivity index (χ0v) is 9.37. The van der Waals surface area contributed by atoms with E-state index in [0.717, 1.165) is 13.2 Å². The first-order valence-corrected chi connectivity index (χ1v) is 5.55. The second-order valence-electron chi connectivity index (χ2n) is 3.88. The van der Waals surface area contributed by atoms with Crippen LogP contribution in [0.4, 0.5) is 10.1 Å². The highest BCUT2D eigenvalue weighted by molar-refractivity contribution is 5.57. The van der Waals surface area contributed by atoms with Crippen LogP contribution in [-0.2, 0) is 4.74 Å². The molecule has 0 spiro atoms. The van der Waals surface area contributed by atoms with Crippen LogP contribution in [-0.4, -0.2) is 32.3 Å². The lowest BCUT2D eigenvalue weighted by atomic mass is 10.1. The van der Waals surface area contributed by atoms with E-state index < -0.39 is 5.82 Å². The number of rotatable bonds is 3. The second kappa shape index (κ2) is 5.62. The number of benzene rings is 1. The monoisotopic (exact) mass is 235 g/mol. The molecule has 0 aliphatic carbocycles. The van der Waals surface area contributed by atoms with E-state index in [1.165, 1.54) is 6.07 Å². The summed E-state index contributed by atoms with van der Waals surface area (Å²) in [7, 11) is 0. The fourth-order valence-corrected chi connectivity index (χ4v) is 1.77. The largest absolute Gasteiger partial charge is 0.382 e. The molecule has 5 heteroatoms. The number of halogens is 1. The lowest BCUT2D eigenvalue weighted by molar-refractivity contribution is 0.0806. The predicted molar refractivity (Wildman–Crippen MR) is 62.2 cm³/mol. The number of nitrogens with one attached hydrogen (secondary N) is 2. The smallest absolute Gasteiger partial charge is 0.143 e. The molecule has 0 aromatic heterocycles. The Morgan fingerprint density at radius 1 is 1.59 bits per heavy atom. The Morgan fingerprint density at radius 3 is 3.18 bits per heavy atom. The van der Waals surface area contributed by atoms with Crippen molar-refractivity contribution in [2.24, 2.45) is 0 Å². The standard InChI is InChI=1S/C12H14FN3O/c13-11-2-1-3-12(10(11)6-14)16-7-9-8-17-5-4-15-9/h1-3,9,15-16H,4-5,7-8H2. The van der Waals surface area contributed by atoms with Crippen molar-refractivity contribution in [3.8, 4) is 6.07 Å². The molecule has 1 aliphatic heterocycles. The number of morpholine rings is 1. The predicted octanol–water partition coefficient (Wildman–Crippen LogP) is 1.10. The molecule has 1 fully saturated rings. The average molecular weight is 235 g/mol. The van der Waals surface area contributed by atoms with Crippen LogP contribution in [0.5, 0.6) is 0 Å². The molecule has 0 radical (unpaired) electrons. The first-order valence-electron chi connectivity index (χ1n) is 5.55. The van der Waals surface area contributed by atoms with E-state index >= 15 is 0 Å². The first-order chi connectivity index (χ1) is 8.31. The molecule has 1 saturated heterocycles. The Hall–Kier alpha value is -1.64. The SMILES string of the molecule is N#Cc1c(F)cccc1NCC1COCCN1. The Morgan fingerprint density at radius 2 is 2.47 bits per heavy atom. The Kier molecular flexibility index (Phi) is 3.91. The van der Waals surface area contributed by atoms with E-state index in [1.807, 2.05) is 6.07 Å². The molecule has 0 bridgehead atoms. The molecule has 1 aromatic carbocycles. The highest BCUT2D eigenvalue weighted by Crippen LogP contribution is 2.17. The van der Waals surface area contributed by atoms with Crippen LogP contribution in [0, 0.1) is 17.1 Å². The van der Waals surface area contributed by atoms with Crippen LogP contribution in [0.3, 0.4) is 0 Å². The van der Waals surface area contributed by atoms with Crippen molar-refractivity contribution in [3.05, 3.63) is 29.6 Å². The molecule has 17 heavy (non-hydrogen) atoms. The van der Waals surface area contributed by atoms with Gasteiger partial charge in [-0.2, -0.15) is 5.26 Å². The van der Waals surface area contributed by atoms with Gasteiger partial charge in [0.05, 0.1) is 18.9 Å². The summed E-state index contributed by atoms with van der Waals surface area (Å²) in [5.41, 5.74) is 0.587. The van der Waals surface area contributed by atoms with Crippen molar-refractivity contribution < 1.29 is 9.13 Å². The summed E-state index contributed by atoms with van der Waals surface area (Å²) >= 11 is 0. The molecule has 1 atom stereocenters. The van der Waals surface area contributed by atoms with E-state index in [-0.39, 0.29) is 11.6 Å². The lowest BCUT2D eigenvalue weighted by Gasteiger charge is -2.24. The number of nitriles is 1. The average Bonchev–Trinajstić information content (AvgIpc) is 2.37. The van der Waals surface area contributed by atoms with Gasteiger partial charge in [0.15, 0.2) is 0 Å². The van der Waals surface area contributed by atoms with Gasteiger partial charge in [0, 0.05) is 19.1 Å². The molecule has 1 aliphatic rings. The molecular weight excluding hydrogens is 221 g/mol. The maximum absolute atomic E-state index is 13.3. The van der Waals surface area contributed by atoms with Crippen molar-refractivity contribution in [2.75, 3.05) is 31.6 Å². The third-order valence-electron chi connectivity index (χ3n) is 2.66. The van der Waals surface area contributed by atoms with Gasteiger partial charge in [-0.05, 0) is 12.1 Å². The van der Waals surface area contributed by atoms with Crippen LogP contribution >= 0.6 is 0 Å². The van der Waals surface area contributed by atoms with Gasteiger partial charge in [0.25, 0.3) is 0 Å². The van der Waals surface area contributed by atoms with Gasteiger partial charge in [0.1, 0.15) is 17.4 Å². The lowest BCUT2D eigenvalue weighted by Crippen LogP contribution is -2.45. The summed E-state index contributed by atoms with van der Waals surface area (Å²) < 4.78 is 18.6. The number of nitrogens with zero attached hydrogens (tertiary/aromatic N) is 1. The van der Waals surface area contributed by atoms with Gasteiger partial charge in [-0.25, -0.2) is 4.39 Å².